The third-order valence-corrected chi connectivity index (χ3v) is 4.85. The quantitative estimate of drug-likeness (QED) is 0.634. The van der Waals surface area contributed by atoms with Crippen LogP contribution < -0.4 is 0 Å². The van der Waals surface area contributed by atoms with Crippen LogP contribution in [0, 0.1) is 5.92 Å². The Bertz CT molecular complexity index is 702. The number of ether oxygens (including phenoxy) is 2. The molecule has 130 valence electrons. The Hall–Kier alpha value is -2.08. The van der Waals surface area contributed by atoms with Crippen LogP contribution in [-0.2, 0) is 9.47 Å². The Kier molecular flexibility index (Phi) is 6.28. The Morgan fingerprint density at radius 1 is 1.16 bits per heavy atom. The van der Waals surface area contributed by atoms with Crippen LogP contribution in [0.3, 0.4) is 0 Å². The fraction of sp³-hybridized carbons (Fsp3) is 0.250. The van der Waals surface area contributed by atoms with Crippen LogP contribution in [0.15, 0.2) is 77.0 Å². The zero-order valence-corrected chi connectivity index (χ0v) is 14.5. The van der Waals surface area contributed by atoms with E-state index in [0.29, 0.717) is 5.56 Å². The largest absolute Gasteiger partial charge is 0.462 e. The van der Waals surface area contributed by atoms with E-state index in [-0.39, 0.29) is 31.2 Å². The van der Waals surface area contributed by atoms with Gasteiger partial charge in [0.2, 0.25) is 0 Å². The summed E-state index contributed by atoms with van der Waals surface area (Å²) in [5.41, 5.74) is 0.502. The van der Waals surface area contributed by atoms with Gasteiger partial charge in [-0.25, -0.2) is 4.79 Å². The molecule has 0 saturated carbocycles. The van der Waals surface area contributed by atoms with E-state index in [2.05, 4.69) is 0 Å². The van der Waals surface area contributed by atoms with E-state index in [4.69, 9.17) is 9.47 Å². The summed E-state index contributed by atoms with van der Waals surface area (Å²) in [6.45, 7) is 0.373. The molecule has 0 radical (unpaired) electrons. The van der Waals surface area contributed by atoms with Crippen molar-refractivity contribution in [3.05, 3.63) is 77.7 Å². The first kappa shape index (κ1) is 17.7. The monoisotopic (exact) mass is 356 g/mol. The van der Waals surface area contributed by atoms with E-state index in [0.717, 1.165) is 4.90 Å². The molecule has 1 fully saturated rings. The van der Waals surface area contributed by atoms with Gasteiger partial charge in [0.05, 0.1) is 36.9 Å². The van der Waals surface area contributed by atoms with Crippen molar-refractivity contribution in [2.45, 2.75) is 17.1 Å². The number of aliphatic hydroxyl groups excluding tert-OH is 1. The highest BCUT2D eigenvalue weighted by Crippen LogP contribution is 2.26. The van der Waals surface area contributed by atoms with E-state index >= 15 is 0 Å². The van der Waals surface area contributed by atoms with Crippen molar-refractivity contribution in [3.8, 4) is 0 Å². The maximum absolute atomic E-state index is 12.0. The molecule has 3 atom stereocenters. The maximum atomic E-state index is 12.0. The molecule has 2 aromatic rings. The predicted octanol–water partition coefficient (Wildman–Crippen LogP) is 3.53. The van der Waals surface area contributed by atoms with E-state index in [1.54, 1.807) is 36.0 Å². The highest BCUT2D eigenvalue weighted by Gasteiger charge is 2.35. The summed E-state index contributed by atoms with van der Waals surface area (Å²) in [6.07, 6.45) is 1.00. The molecular weight excluding hydrogens is 336 g/mol. The maximum Gasteiger partial charge on any atom is 0.338 e. The summed E-state index contributed by atoms with van der Waals surface area (Å²) in [4.78, 5) is 13.2. The molecule has 0 unspecified atom stereocenters. The number of rotatable bonds is 6. The molecule has 2 aromatic carbocycles. The van der Waals surface area contributed by atoms with Crippen molar-refractivity contribution in [2.24, 2.45) is 5.92 Å². The van der Waals surface area contributed by atoms with Gasteiger partial charge < -0.3 is 14.6 Å². The molecule has 1 N–H and O–H groups in total. The van der Waals surface area contributed by atoms with Crippen molar-refractivity contribution in [2.75, 3.05) is 13.2 Å². The molecule has 0 spiro atoms. The van der Waals surface area contributed by atoms with Gasteiger partial charge in [-0.05, 0) is 35.7 Å². The van der Waals surface area contributed by atoms with Crippen molar-refractivity contribution in [1.29, 1.82) is 0 Å². The topological polar surface area (TPSA) is 55.8 Å². The van der Waals surface area contributed by atoms with Crippen LogP contribution in [0.1, 0.15) is 10.4 Å². The van der Waals surface area contributed by atoms with Crippen LogP contribution in [0.2, 0.25) is 0 Å². The molecular formula is C20H20O4S. The number of aliphatic hydroxyl groups is 1. The molecule has 1 saturated heterocycles. The molecule has 0 bridgehead atoms. The number of benzene rings is 2. The normalized spacial score (nSPS) is 23.0. The lowest BCUT2D eigenvalue weighted by Gasteiger charge is -2.17. The lowest BCUT2D eigenvalue weighted by Crippen LogP contribution is -2.29. The summed E-state index contributed by atoms with van der Waals surface area (Å²) >= 11 is 1.58. The number of carbonyl (C=O) groups excluding carboxylic acids is 1. The summed E-state index contributed by atoms with van der Waals surface area (Å²) in [5, 5.41) is 12.1. The van der Waals surface area contributed by atoms with Gasteiger partial charge >= 0.3 is 5.97 Å². The molecule has 5 heteroatoms. The van der Waals surface area contributed by atoms with Crippen LogP contribution in [0.25, 0.3) is 0 Å². The molecule has 4 nitrogen and oxygen atoms in total. The molecule has 0 amide bonds. The van der Waals surface area contributed by atoms with Crippen LogP contribution in [-0.4, -0.2) is 36.5 Å². The fourth-order valence-corrected chi connectivity index (χ4v) is 3.31. The minimum atomic E-state index is -0.639. The van der Waals surface area contributed by atoms with Gasteiger partial charge in [0.1, 0.15) is 0 Å². The van der Waals surface area contributed by atoms with Gasteiger partial charge in [0, 0.05) is 4.90 Å². The Morgan fingerprint density at radius 2 is 1.84 bits per heavy atom. The third kappa shape index (κ3) is 4.95. The third-order valence-electron chi connectivity index (χ3n) is 4.01. The van der Waals surface area contributed by atoms with Gasteiger partial charge in [-0.15, -0.1) is 0 Å². The minimum Gasteiger partial charge on any atom is -0.462 e. The first-order valence-corrected chi connectivity index (χ1v) is 9.02. The first-order chi connectivity index (χ1) is 12.2. The Morgan fingerprint density at radius 3 is 2.56 bits per heavy atom. The SMILES string of the molecule is O=C(OC[C@H]1[C@H](O)CO[C@@H]1C=CSc1ccccc1)c1ccccc1. The summed E-state index contributed by atoms with van der Waals surface area (Å²) < 4.78 is 11.0. The molecule has 1 heterocycles. The number of esters is 1. The second kappa shape index (κ2) is 8.85. The summed E-state index contributed by atoms with van der Waals surface area (Å²) in [6, 6.07) is 18.8. The van der Waals surface area contributed by atoms with Gasteiger partial charge in [-0.1, -0.05) is 48.2 Å². The van der Waals surface area contributed by atoms with Crippen molar-refractivity contribution in [3.63, 3.8) is 0 Å². The molecule has 3 rings (SSSR count). The number of carbonyl (C=O) groups is 1. The number of hydrogen-bond acceptors (Lipinski definition) is 5. The molecule has 25 heavy (non-hydrogen) atoms. The summed E-state index contributed by atoms with van der Waals surface area (Å²) in [5.74, 6) is -0.652. The Labute approximate surface area is 151 Å². The minimum absolute atomic E-state index is 0.125. The molecule has 1 aliphatic rings. The van der Waals surface area contributed by atoms with Gasteiger partial charge in [0.15, 0.2) is 0 Å². The van der Waals surface area contributed by atoms with Crippen molar-refractivity contribution < 1.29 is 19.4 Å². The van der Waals surface area contributed by atoms with Crippen molar-refractivity contribution >= 4 is 17.7 Å². The van der Waals surface area contributed by atoms with Gasteiger partial charge in [-0.3, -0.25) is 0 Å². The highest BCUT2D eigenvalue weighted by molar-refractivity contribution is 8.02. The van der Waals surface area contributed by atoms with Crippen LogP contribution >= 0.6 is 11.8 Å². The molecule has 0 aliphatic carbocycles. The second-order valence-corrected chi connectivity index (χ2v) is 6.73. The number of hydrogen-bond donors (Lipinski definition) is 1. The van der Waals surface area contributed by atoms with E-state index < -0.39 is 6.10 Å². The van der Waals surface area contributed by atoms with Crippen molar-refractivity contribution in [1.82, 2.24) is 0 Å². The zero-order chi connectivity index (χ0) is 17.5. The Balaban J connectivity index is 1.54. The first-order valence-electron chi connectivity index (χ1n) is 8.14. The smallest absolute Gasteiger partial charge is 0.338 e. The lowest BCUT2D eigenvalue weighted by atomic mass is 10.0. The zero-order valence-electron chi connectivity index (χ0n) is 13.7. The predicted molar refractivity (Wildman–Crippen MR) is 97.4 cm³/mol. The van der Waals surface area contributed by atoms with Gasteiger partial charge in [-0.2, -0.15) is 0 Å². The molecule has 0 aromatic heterocycles. The second-order valence-electron chi connectivity index (χ2n) is 5.75. The fourth-order valence-electron chi connectivity index (χ4n) is 2.60. The standard InChI is InChI=1S/C20H20O4S/c21-18-14-23-19(11-12-25-16-9-5-2-6-10-16)17(18)13-24-20(22)15-7-3-1-4-8-15/h1-12,17-19,21H,13-14H2/t17-,18+,19+/m0/s1. The summed E-state index contributed by atoms with van der Waals surface area (Å²) in [7, 11) is 0. The van der Waals surface area contributed by atoms with Crippen LogP contribution in [0.4, 0.5) is 0 Å². The van der Waals surface area contributed by atoms with Crippen LogP contribution in [0.5, 0.6) is 0 Å². The average Bonchev–Trinajstić information content (AvgIpc) is 3.01. The van der Waals surface area contributed by atoms with E-state index in [9.17, 15) is 9.90 Å². The van der Waals surface area contributed by atoms with Gasteiger partial charge in [0.25, 0.3) is 0 Å². The average molecular weight is 356 g/mol. The number of thioether (sulfide) groups is 1. The highest BCUT2D eigenvalue weighted by atomic mass is 32.2. The molecule has 1 aliphatic heterocycles. The lowest BCUT2D eigenvalue weighted by molar-refractivity contribution is 0.0294. The van der Waals surface area contributed by atoms with E-state index in [1.807, 2.05) is 47.9 Å². The van der Waals surface area contributed by atoms with E-state index in [1.165, 1.54) is 0 Å².